The number of aryl methyl sites for hydroxylation is 1. The van der Waals surface area contributed by atoms with E-state index in [1.165, 1.54) is 6.07 Å². The highest BCUT2D eigenvalue weighted by molar-refractivity contribution is 5.80. The van der Waals surface area contributed by atoms with Gasteiger partial charge in [0.25, 0.3) is 0 Å². The maximum Gasteiger partial charge on any atom is 0.132 e. The van der Waals surface area contributed by atoms with Crippen LogP contribution >= 0.6 is 0 Å². The summed E-state index contributed by atoms with van der Waals surface area (Å²) in [5.74, 6) is -0.137. The van der Waals surface area contributed by atoms with Gasteiger partial charge in [0.15, 0.2) is 0 Å². The number of fused-ring (bicyclic) bond motifs is 1. The summed E-state index contributed by atoms with van der Waals surface area (Å²) in [7, 11) is 0. The van der Waals surface area contributed by atoms with Crippen LogP contribution in [0.2, 0.25) is 0 Å². The molecule has 3 heteroatoms. The van der Waals surface area contributed by atoms with E-state index in [0.717, 1.165) is 25.0 Å². The van der Waals surface area contributed by atoms with E-state index in [1.54, 1.807) is 6.07 Å². The van der Waals surface area contributed by atoms with Crippen molar-refractivity contribution in [3.63, 3.8) is 0 Å². The first-order valence-corrected chi connectivity index (χ1v) is 6.15. The van der Waals surface area contributed by atoms with Crippen LogP contribution in [0.5, 0.6) is 0 Å². The molecule has 2 nitrogen and oxygen atoms in total. The molecule has 92 valence electrons. The van der Waals surface area contributed by atoms with E-state index in [9.17, 15) is 4.39 Å². The zero-order valence-corrected chi connectivity index (χ0v) is 10.4. The zero-order chi connectivity index (χ0) is 12.3. The highest BCUT2D eigenvalue weighted by atomic mass is 19.1. The first-order chi connectivity index (χ1) is 8.18. The van der Waals surface area contributed by atoms with Crippen LogP contribution in [-0.4, -0.2) is 17.2 Å². The SMILES string of the molecule is CC(C)NCCCn1ccc2c(F)cccc21. The Labute approximate surface area is 101 Å². The average molecular weight is 234 g/mol. The van der Waals surface area contributed by atoms with Crippen molar-refractivity contribution in [3.05, 3.63) is 36.3 Å². The van der Waals surface area contributed by atoms with Crippen LogP contribution in [0, 0.1) is 5.82 Å². The third kappa shape index (κ3) is 2.86. The molecule has 1 aromatic carbocycles. The number of aromatic nitrogens is 1. The Kier molecular flexibility index (Phi) is 3.79. The highest BCUT2D eigenvalue weighted by Crippen LogP contribution is 2.18. The van der Waals surface area contributed by atoms with Gasteiger partial charge in [-0.05, 0) is 31.2 Å². The van der Waals surface area contributed by atoms with E-state index in [-0.39, 0.29) is 5.82 Å². The molecule has 2 rings (SSSR count). The van der Waals surface area contributed by atoms with Crippen LogP contribution in [0.3, 0.4) is 0 Å². The molecule has 0 aliphatic rings. The van der Waals surface area contributed by atoms with Crippen molar-refractivity contribution < 1.29 is 4.39 Å². The fourth-order valence-electron chi connectivity index (χ4n) is 2.02. The molecular weight excluding hydrogens is 215 g/mol. The number of hydrogen-bond acceptors (Lipinski definition) is 1. The minimum Gasteiger partial charge on any atom is -0.347 e. The molecule has 0 aliphatic carbocycles. The van der Waals surface area contributed by atoms with Gasteiger partial charge < -0.3 is 9.88 Å². The Morgan fingerprint density at radius 1 is 1.29 bits per heavy atom. The topological polar surface area (TPSA) is 17.0 Å². The van der Waals surface area contributed by atoms with Crippen molar-refractivity contribution in [2.75, 3.05) is 6.54 Å². The zero-order valence-electron chi connectivity index (χ0n) is 10.4. The second-order valence-electron chi connectivity index (χ2n) is 4.64. The Hall–Kier alpha value is -1.35. The number of halogens is 1. The van der Waals surface area contributed by atoms with Crippen molar-refractivity contribution in [2.45, 2.75) is 32.9 Å². The van der Waals surface area contributed by atoms with Crippen molar-refractivity contribution in [3.8, 4) is 0 Å². The molecule has 0 radical (unpaired) electrons. The fraction of sp³-hybridized carbons (Fsp3) is 0.429. The lowest BCUT2D eigenvalue weighted by Crippen LogP contribution is -2.24. The molecule has 1 heterocycles. The van der Waals surface area contributed by atoms with Gasteiger partial charge in [0.05, 0.1) is 5.52 Å². The van der Waals surface area contributed by atoms with E-state index in [1.807, 2.05) is 18.3 Å². The lowest BCUT2D eigenvalue weighted by Gasteiger charge is -2.09. The summed E-state index contributed by atoms with van der Waals surface area (Å²) in [5.41, 5.74) is 0.981. The van der Waals surface area contributed by atoms with Crippen LogP contribution in [0.15, 0.2) is 30.5 Å². The summed E-state index contributed by atoms with van der Waals surface area (Å²) >= 11 is 0. The van der Waals surface area contributed by atoms with Gasteiger partial charge in [0, 0.05) is 24.2 Å². The monoisotopic (exact) mass is 234 g/mol. The minimum atomic E-state index is -0.137. The molecule has 0 saturated heterocycles. The standard InChI is InChI=1S/C14H19FN2/c1-11(2)16-8-4-9-17-10-7-12-13(15)5-3-6-14(12)17/h3,5-7,10-11,16H,4,8-9H2,1-2H3. The van der Waals surface area contributed by atoms with E-state index < -0.39 is 0 Å². The van der Waals surface area contributed by atoms with Gasteiger partial charge >= 0.3 is 0 Å². The number of rotatable bonds is 5. The molecule has 0 fully saturated rings. The predicted octanol–water partition coefficient (Wildman–Crippen LogP) is 3.17. The van der Waals surface area contributed by atoms with Crippen LogP contribution in [0.1, 0.15) is 20.3 Å². The van der Waals surface area contributed by atoms with Gasteiger partial charge in [-0.2, -0.15) is 0 Å². The average Bonchev–Trinajstić information content (AvgIpc) is 2.69. The van der Waals surface area contributed by atoms with Gasteiger partial charge in [-0.15, -0.1) is 0 Å². The fourth-order valence-corrected chi connectivity index (χ4v) is 2.02. The normalized spacial score (nSPS) is 11.5. The predicted molar refractivity (Wildman–Crippen MR) is 69.7 cm³/mol. The second-order valence-corrected chi connectivity index (χ2v) is 4.64. The van der Waals surface area contributed by atoms with Crippen LogP contribution in [-0.2, 0) is 6.54 Å². The number of nitrogens with one attached hydrogen (secondary N) is 1. The number of nitrogens with zero attached hydrogens (tertiary/aromatic N) is 1. The lowest BCUT2D eigenvalue weighted by atomic mass is 10.2. The summed E-state index contributed by atoms with van der Waals surface area (Å²) in [4.78, 5) is 0. The first kappa shape index (κ1) is 12.1. The van der Waals surface area contributed by atoms with Gasteiger partial charge in [0.2, 0.25) is 0 Å². The summed E-state index contributed by atoms with van der Waals surface area (Å²) in [6.45, 7) is 6.19. The van der Waals surface area contributed by atoms with Crippen LogP contribution < -0.4 is 5.32 Å². The molecule has 2 aromatic rings. The van der Waals surface area contributed by atoms with E-state index in [4.69, 9.17) is 0 Å². The smallest absolute Gasteiger partial charge is 0.132 e. The van der Waals surface area contributed by atoms with E-state index >= 15 is 0 Å². The van der Waals surface area contributed by atoms with Crippen LogP contribution in [0.25, 0.3) is 10.9 Å². The summed E-state index contributed by atoms with van der Waals surface area (Å²) < 4.78 is 15.6. The lowest BCUT2D eigenvalue weighted by molar-refractivity contribution is 0.541. The molecule has 17 heavy (non-hydrogen) atoms. The van der Waals surface area contributed by atoms with Gasteiger partial charge in [-0.1, -0.05) is 19.9 Å². The molecule has 1 N–H and O–H groups in total. The molecule has 0 aliphatic heterocycles. The summed E-state index contributed by atoms with van der Waals surface area (Å²) in [6.07, 6.45) is 3.02. The maximum absolute atomic E-state index is 13.5. The quantitative estimate of drug-likeness (QED) is 0.786. The van der Waals surface area contributed by atoms with Crippen molar-refractivity contribution >= 4 is 10.9 Å². The van der Waals surface area contributed by atoms with E-state index in [2.05, 4.69) is 23.7 Å². The molecule has 0 unspecified atom stereocenters. The molecule has 0 amide bonds. The molecule has 0 atom stereocenters. The highest BCUT2D eigenvalue weighted by Gasteiger charge is 2.04. The van der Waals surface area contributed by atoms with Crippen molar-refractivity contribution in [2.24, 2.45) is 0 Å². The first-order valence-electron chi connectivity index (χ1n) is 6.15. The van der Waals surface area contributed by atoms with Crippen molar-refractivity contribution in [1.82, 2.24) is 9.88 Å². The summed E-state index contributed by atoms with van der Waals surface area (Å²) in [6, 6.07) is 7.61. The molecule has 0 saturated carbocycles. The Morgan fingerprint density at radius 2 is 2.12 bits per heavy atom. The van der Waals surface area contributed by atoms with Gasteiger partial charge in [0.1, 0.15) is 5.82 Å². The summed E-state index contributed by atoms with van der Waals surface area (Å²) in [5, 5.41) is 4.09. The molecule has 0 bridgehead atoms. The Bertz CT molecular complexity index is 488. The second kappa shape index (κ2) is 5.32. The third-order valence-electron chi connectivity index (χ3n) is 2.89. The Morgan fingerprint density at radius 3 is 2.88 bits per heavy atom. The third-order valence-corrected chi connectivity index (χ3v) is 2.89. The van der Waals surface area contributed by atoms with Gasteiger partial charge in [-0.3, -0.25) is 0 Å². The molecular formula is C14H19FN2. The minimum absolute atomic E-state index is 0.137. The number of benzene rings is 1. The van der Waals surface area contributed by atoms with E-state index in [0.29, 0.717) is 11.4 Å². The van der Waals surface area contributed by atoms with Crippen LogP contribution in [0.4, 0.5) is 4.39 Å². The Balaban J connectivity index is 2.02. The molecule has 1 aromatic heterocycles. The van der Waals surface area contributed by atoms with Gasteiger partial charge in [-0.25, -0.2) is 4.39 Å². The van der Waals surface area contributed by atoms with Crippen molar-refractivity contribution in [1.29, 1.82) is 0 Å². The molecule has 0 spiro atoms. The largest absolute Gasteiger partial charge is 0.347 e. The number of hydrogen-bond donors (Lipinski definition) is 1. The maximum atomic E-state index is 13.5.